The molecule has 4 heteroatoms. The van der Waals surface area contributed by atoms with Crippen molar-refractivity contribution in [1.29, 1.82) is 0 Å². The lowest BCUT2D eigenvalue weighted by molar-refractivity contribution is -0.138. The molecule has 2 N–H and O–H groups in total. The van der Waals surface area contributed by atoms with Crippen LogP contribution in [0.15, 0.2) is 18.3 Å². The molecule has 0 spiro atoms. The summed E-state index contributed by atoms with van der Waals surface area (Å²) in [5.74, 6) is 0.490. The molecule has 0 aliphatic carbocycles. The Labute approximate surface area is 95.8 Å². The third-order valence-corrected chi connectivity index (χ3v) is 2.93. The van der Waals surface area contributed by atoms with E-state index in [9.17, 15) is 4.79 Å². The fraction of sp³-hybridized carbons (Fsp3) is 0.500. The van der Waals surface area contributed by atoms with Gasteiger partial charge in [0.25, 0.3) is 0 Å². The summed E-state index contributed by atoms with van der Waals surface area (Å²) in [6.07, 6.45) is 2.59. The summed E-state index contributed by atoms with van der Waals surface area (Å²) in [6.45, 7) is 3.74. The first-order valence-corrected chi connectivity index (χ1v) is 5.30. The van der Waals surface area contributed by atoms with Crippen LogP contribution in [-0.4, -0.2) is 23.5 Å². The molecule has 0 saturated heterocycles. The molecular weight excluding hydrogens is 204 g/mol. The Morgan fingerprint density at radius 2 is 2.31 bits per heavy atom. The minimum atomic E-state index is -0.710. The molecular formula is C12H18N2O2. The maximum atomic E-state index is 12.0. The van der Waals surface area contributed by atoms with Gasteiger partial charge in [0, 0.05) is 19.7 Å². The minimum Gasteiger partial charge on any atom is -0.384 e. The van der Waals surface area contributed by atoms with Gasteiger partial charge in [0.05, 0.1) is 0 Å². The second kappa shape index (κ2) is 5.07. The van der Waals surface area contributed by atoms with Crippen molar-refractivity contribution in [3.8, 4) is 0 Å². The maximum absolute atomic E-state index is 12.0. The highest BCUT2D eigenvalue weighted by Gasteiger charge is 2.30. The van der Waals surface area contributed by atoms with Crippen LogP contribution in [0.4, 0.5) is 5.82 Å². The SMILES string of the molecule is CCC(C)(OC)C(=O)Cc1ccnc(N)c1. The van der Waals surface area contributed by atoms with E-state index in [0.29, 0.717) is 18.7 Å². The number of methoxy groups -OCH3 is 1. The van der Waals surface area contributed by atoms with Crippen molar-refractivity contribution in [3.05, 3.63) is 23.9 Å². The Balaban J connectivity index is 2.78. The Morgan fingerprint density at radius 3 is 2.81 bits per heavy atom. The van der Waals surface area contributed by atoms with Crippen molar-refractivity contribution in [1.82, 2.24) is 4.98 Å². The van der Waals surface area contributed by atoms with E-state index in [1.54, 1.807) is 32.4 Å². The Morgan fingerprint density at radius 1 is 1.62 bits per heavy atom. The first-order valence-electron chi connectivity index (χ1n) is 5.30. The second-order valence-electron chi connectivity index (χ2n) is 3.98. The number of rotatable bonds is 5. The number of hydrogen-bond acceptors (Lipinski definition) is 4. The van der Waals surface area contributed by atoms with E-state index >= 15 is 0 Å². The third-order valence-electron chi connectivity index (χ3n) is 2.93. The standard InChI is InChI=1S/C12H18N2O2/c1-4-12(2,16-3)10(15)7-9-5-6-14-11(13)8-9/h5-6,8H,4,7H2,1-3H3,(H2,13,14). The van der Waals surface area contributed by atoms with E-state index in [0.717, 1.165) is 5.56 Å². The molecule has 1 rings (SSSR count). The summed E-state index contributed by atoms with van der Waals surface area (Å²) in [5, 5.41) is 0. The number of nitrogens with two attached hydrogens (primary N) is 1. The summed E-state index contributed by atoms with van der Waals surface area (Å²) in [4.78, 5) is 15.9. The van der Waals surface area contributed by atoms with Gasteiger partial charge < -0.3 is 10.5 Å². The summed E-state index contributed by atoms with van der Waals surface area (Å²) < 4.78 is 5.25. The molecule has 0 saturated carbocycles. The monoisotopic (exact) mass is 222 g/mol. The number of hydrogen-bond donors (Lipinski definition) is 1. The Kier molecular flexibility index (Phi) is 4.01. The van der Waals surface area contributed by atoms with E-state index in [4.69, 9.17) is 10.5 Å². The van der Waals surface area contributed by atoms with E-state index < -0.39 is 5.60 Å². The van der Waals surface area contributed by atoms with Crippen LogP contribution < -0.4 is 5.73 Å². The average molecular weight is 222 g/mol. The van der Waals surface area contributed by atoms with E-state index in [1.807, 2.05) is 6.92 Å². The van der Waals surface area contributed by atoms with Crippen molar-refractivity contribution in [2.75, 3.05) is 12.8 Å². The van der Waals surface area contributed by atoms with Crippen LogP contribution in [0.25, 0.3) is 0 Å². The number of anilines is 1. The molecule has 1 unspecified atom stereocenters. The minimum absolute atomic E-state index is 0.0584. The predicted molar refractivity (Wildman–Crippen MR) is 63.1 cm³/mol. The fourth-order valence-corrected chi connectivity index (χ4v) is 1.43. The first-order chi connectivity index (χ1) is 7.51. The van der Waals surface area contributed by atoms with Gasteiger partial charge >= 0.3 is 0 Å². The van der Waals surface area contributed by atoms with Gasteiger partial charge in [0.2, 0.25) is 0 Å². The molecule has 1 aromatic rings. The van der Waals surface area contributed by atoms with E-state index in [-0.39, 0.29) is 5.78 Å². The van der Waals surface area contributed by atoms with Crippen LogP contribution in [-0.2, 0) is 16.0 Å². The zero-order valence-corrected chi connectivity index (χ0v) is 9.99. The van der Waals surface area contributed by atoms with Crippen molar-refractivity contribution in [3.63, 3.8) is 0 Å². The number of ketones is 1. The lowest BCUT2D eigenvalue weighted by atomic mass is 9.93. The van der Waals surface area contributed by atoms with Crippen LogP contribution in [0.3, 0.4) is 0 Å². The predicted octanol–water partition coefficient (Wildman–Crippen LogP) is 1.59. The molecule has 0 radical (unpaired) electrons. The highest BCUT2D eigenvalue weighted by atomic mass is 16.5. The van der Waals surface area contributed by atoms with Crippen molar-refractivity contribution >= 4 is 11.6 Å². The van der Waals surface area contributed by atoms with Crippen LogP contribution in [0.1, 0.15) is 25.8 Å². The van der Waals surface area contributed by atoms with Gasteiger partial charge in [-0.1, -0.05) is 6.92 Å². The zero-order chi connectivity index (χ0) is 12.2. The summed E-state index contributed by atoms with van der Waals surface area (Å²) in [5.41, 5.74) is 5.71. The molecule has 0 fully saturated rings. The molecule has 0 aromatic carbocycles. The fourth-order valence-electron chi connectivity index (χ4n) is 1.43. The third kappa shape index (κ3) is 2.79. The van der Waals surface area contributed by atoms with Gasteiger partial charge in [-0.15, -0.1) is 0 Å². The number of aromatic nitrogens is 1. The van der Waals surface area contributed by atoms with Gasteiger partial charge in [-0.2, -0.15) is 0 Å². The molecule has 1 aromatic heterocycles. The van der Waals surface area contributed by atoms with Crippen LogP contribution in [0.5, 0.6) is 0 Å². The highest BCUT2D eigenvalue weighted by Crippen LogP contribution is 2.18. The van der Waals surface area contributed by atoms with Crippen molar-refractivity contribution in [2.24, 2.45) is 0 Å². The van der Waals surface area contributed by atoms with Crippen LogP contribution >= 0.6 is 0 Å². The lowest BCUT2D eigenvalue weighted by Crippen LogP contribution is -2.37. The molecule has 0 bridgehead atoms. The largest absolute Gasteiger partial charge is 0.384 e. The normalized spacial score (nSPS) is 14.4. The van der Waals surface area contributed by atoms with Gasteiger partial charge in [0.1, 0.15) is 11.4 Å². The number of nitrogen functional groups attached to an aromatic ring is 1. The molecule has 0 aliphatic heterocycles. The lowest BCUT2D eigenvalue weighted by Gasteiger charge is -2.24. The first kappa shape index (κ1) is 12.6. The Bertz CT molecular complexity index is 373. The van der Waals surface area contributed by atoms with E-state index in [1.165, 1.54) is 0 Å². The number of pyridine rings is 1. The number of carbonyl (C=O) groups excluding carboxylic acids is 1. The molecule has 4 nitrogen and oxygen atoms in total. The van der Waals surface area contributed by atoms with Gasteiger partial charge in [-0.3, -0.25) is 4.79 Å². The van der Waals surface area contributed by atoms with Crippen LogP contribution in [0.2, 0.25) is 0 Å². The second-order valence-corrected chi connectivity index (χ2v) is 3.98. The summed E-state index contributed by atoms with van der Waals surface area (Å²) >= 11 is 0. The molecule has 1 heterocycles. The number of Topliss-reactive ketones (excluding diaryl/α,β-unsaturated/α-hetero) is 1. The average Bonchev–Trinajstić information content (AvgIpc) is 2.28. The van der Waals surface area contributed by atoms with Crippen molar-refractivity contribution in [2.45, 2.75) is 32.3 Å². The molecule has 1 atom stereocenters. The summed E-state index contributed by atoms with van der Waals surface area (Å²) in [6, 6.07) is 3.50. The van der Waals surface area contributed by atoms with Gasteiger partial charge in [0.15, 0.2) is 5.78 Å². The summed E-state index contributed by atoms with van der Waals surface area (Å²) in [7, 11) is 1.56. The molecule has 88 valence electrons. The maximum Gasteiger partial charge on any atom is 0.168 e. The number of ether oxygens (including phenoxy) is 1. The molecule has 0 amide bonds. The Hall–Kier alpha value is -1.42. The quantitative estimate of drug-likeness (QED) is 0.821. The van der Waals surface area contributed by atoms with Crippen LogP contribution in [0, 0.1) is 0 Å². The number of carbonyl (C=O) groups is 1. The topological polar surface area (TPSA) is 65.2 Å². The molecule has 0 aliphatic rings. The van der Waals surface area contributed by atoms with Crippen molar-refractivity contribution < 1.29 is 9.53 Å². The zero-order valence-electron chi connectivity index (χ0n) is 9.99. The van der Waals surface area contributed by atoms with Gasteiger partial charge in [-0.25, -0.2) is 4.98 Å². The number of nitrogens with zero attached hydrogens (tertiary/aromatic N) is 1. The molecule has 16 heavy (non-hydrogen) atoms. The highest BCUT2D eigenvalue weighted by molar-refractivity contribution is 5.88. The smallest absolute Gasteiger partial charge is 0.168 e. The van der Waals surface area contributed by atoms with E-state index in [2.05, 4.69) is 4.98 Å². The van der Waals surface area contributed by atoms with Gasteiger partial charge in [-0.05, 0) is 31.0 Å².